The Labute approximate surface area is 145 Å². The number of carbonyl (C=O) groups is 2. The van der Waals surface area contributed by atoms with E-state index in [0.717, 1.165) is 11.3 Å². The Hall–Kier alpha value is -2.62. The van der Waals surface area contributed by atoms with Gasteiger partial charge >= 0.3 is 12.0 Å². The second kappa shape index (κ2) is 6.71. The molecule has 2 atom stereocenters. The average Bonchev–Trinajstić information content (AvgIpc) is 3.10. The van der Waals surface area contributed by atoms with Crippen molar-refractivity contribution in [2.24, 2.45) is 17.8 Å². The lowest BCUT2D eigenvalue weighted by Gasteiger charge is -2.32. The van der Waals surface area contributed by atoms with Crippen molar-refractivity contribution in [2.45, 2.75) is 24.9 Å². The zero-order valence-corrected chi connectivity index (χ0v) is 14.6. The molecule has 0 aromatic carbocycles. The van der Waals surface area contributed by atoms with Gasteiger partial charge in [0.15, 0.2) is 5.84 Å². The quantitative estimate of drug-likeness (QED) is 0.438. The molecule has 0 spiro atoms. The van der Waals surface area contributed by atoms with Crippen molar-refractivity contribution in [1.29, 1.82) is 0 Å². The van der Waals surface area contributed by atoms with E-state index in [0.29, 0.717) is 25.3 Å². The Morgan fingerprint density at radius 1 is 1.52 bits per heavy atom. The number of urea groups is 1. The number of nitrogens with two attached hydrogens (primary N) is 1. The minimum absolute atomic E-state index is 0.0299. The molecule has 2 bridgehead atoms. The number of aryl methyl sites for hydroxylation is 1. The summed E-state index contributed by atoms with van der Waals surface area (Å²) in [5.41, 5.74) is 9.86. The highest BCUT2D eigenvalue weighted by atomic mass is 16.7. The van der Waals surface area contributed by atoms with Gasteiger partial charge in [-0.15, -0.1) is 0 Å². The molecule has 0 radical (unpaired) electrons. The lowest BCUT2D eigenvalue weighted by atomic mass is 9.97. The van der Waals surface area contributed by atoms with E-state index >= 15 is 0 Å². The van der Waals surface area contributed by atoms with Crippen LogP contribution in [0.1, 0.15) is 36.2 Å². The summed E-state index contributed by atoms with van der Waals surface area (Å²) in [5.74, 6) is -0.0385. The summed E-state index contributed by atoms with van der Waals surface area (Å²) in [5, 5.41) is 4.33. The molecule has 3 N–H and O–H groups in total. The largest absolute Gasteiger partial charge is 0.342 e. The third-order valence-electron chi connectivity index (χ3n) is 4.68. The summed E-state index contributed by atoms with van der Waals surface area (Å²) >= 11 is 0. The van der Waals surface area contributed by atoms with Crippen LogP contribution in [0.2, 0.25) is 0 Å². The Balaban J connectivity index is 1.86. The first-order valence-corrected chi connectivity index (χ1v) is 8.17. The Morgan fingerprint density at radius 2 is 2.28 bits per heavy atom. The van der Waals surface area contributed by atoms with Gasteiger partial charge in [-0.05, 0) is 13.0 Å². The number of amidine groups is 1. The molecule has 2 amide bonds. The third kappa shape index (κ3) is 2.82. The Morgan fingerprint density at radius 3 is 2.96 bits per heavy atom. The first kappa shape index (κ1) is 17.2. The van der Waals surface area contributed by atoms with Gasteiger partial charge in [0.25, 0.3) is 0 Å². The van der Waals surface area contributed by atoms with E-state index < -0.39 is 12.0 Å². The second-order valence-electron chi connectivity index (χ2n) is 6.15. The first-order valence-electron chi connectivity index (χ1n) is 8.17. The predicted octanol–water partition coefficient (Wildman–Crippen LogP) is -0.302. The fourth-order valence-electron chi connectivity index (χ4n) is 3.36. The molecule has 3 heterocycles. The smallest absolute Gasteiger partial charge is 0.332 e. The van der Waals surface area contributed by atoms with Crippen molar-refractivity contribution >= 4 is 17.8 Å². The fourth-order valence-corrected chi connectivity index (χ4v) is 3.36. The normalized spacial score (nSPS) is 22.2. The van der Waals surface area contributed by atoms with Crippen LogP contribution in [-0.4, -0.2) is 64.6 Å². The molecule has 1 aromatic heterocycles. The molecule has 1 aromatic rings. The number of amides is 2. The number of hydrogen-bond acceptors (Lipinski definition) is 6. The number of nitrogens with one attached hydrogen (secondary N) is 1. The van der Waals surface area contributed by atoms with Crippen molar-refractivity contribution in [1.82, 2.24) is 25.1 Å². The molecule has 0 aliphatic carbocycles. The van der Waals surface area contributed by atoms with Gasteiger partial charge in [0.05, 0.1) is 17.9 Å². The minimum atomic E-state index is -0.483. The van der Waals surface area contributed by atoms with Crippen LogP contribution in [0.3, 0.4) is 0 Å². The van der Waals surface area contributed by atoms with Gasteiger partial charge in [0.1, 0.15) is 6.04 Å². The van der Waals surface area contributed by atoms with Crippen LogP contribution in [0.25, 0.3) is 0 Å². The lowest BCUT2D eigenvalue weighted by Crippen LogP contribution is -2.44. The molecular formula is C15H23N7O3. The maximum atomic E-state index is 12.6. The van der Waals surface area contributed by atoms with Gasteiger partial charge in [0, 0.05) is 39.7 Å². The van der Waals surface area contributed by atoms with Gasteiger partial charge in [-0.2, -0.15) is 5.10 Å². The van der Waals surface area contributed by atoms with E-state index in [1.54, 1.807) is 34.8 Å². The molecule has 10 nitrogen and oxygen atoms in total. The van der Waals surface area contributed by atoms with Crippen molar-refractivity contribution in [3.05, 3.63) is 17.5 Å². The van der Waals surface area contributed by atoms with Crippen molar-refractivity contribution in [3.63, 3.8) is 0 Å². The van der Waals surface area contributed by atoms with Crippen molar-refractivity contribution in [3.8, 4) is 0 Å². The van der Waals surface area contributed by atoms with Crippen LogP contribution in [-0.2, 0) is 16.7 Å². The van der Waals surface area contributed by atoms with Crippen molar-refractivity contribution in [2.75, 3.05) is 27.2 Å². The van der Waals surface area contributed by atoms with E-state index in [9.17, 15) is 9.59 Å². The standard InChI is InChI=1S/C15H23N7O3/c1-17-14(19-25-11(23)5-4-6-16)13-12-9(7-18-21(12)3)10-8-22(13)15(24)20(10)2/h7,10,13H,4-6,8,16H2,1-3H3,(H,17,19)/t10-,13-/m0/s1. The third-order valence-corrected chi connectivity index (χ3v) is 4.68. The molecule has 3 rings (SSSR count). The van der Waals surface area contributed by atoms with Crippen LogP contribution in [0, 0.1) is 0 Å². The minimum Gasteiger partial charge on any atom is -0.342 e. The summed E-state index contributed by atoms with van der Waals surface area (Å²) in [6, 6.07) is -0.607. The molecule has 1 fully saturated rings. The van der Waals surface area contributed by atoms with E-state index in [1.807, 2.05) is 7.05 Å². The van der Waals surface area contributed by atoms with Crippen LogP contribution >= 0.6 is 0 Å². The lowest BCUT2D eigenvalue weighted by molar-refractivity contribution is -0.148. The number of aliphatic imine (C=N–C) groups is 1. The molecule has 10 heteroatoms. The van der Waals surface area contributed by atoms with E-state index in [1.165, 1.54) is 0 Å². The zero-order valence-electron chi connectivity index (χ0n) is 14.6. The number of nitrogens with zero attached hydrogens (tertiary/aromatic N) is 5. The number of carbonyl (C=O) groups excluding carboxylic acids is 2. The van der Waals surface area contributed by atoms with Gasteiger partial charge in [0.2, 0.25) is 0 Å². The SMILES string of the molecule is CN=C(NOC(=O)CCCN)[C@@H]1c2c(cnn2C)[C@@H]2CN1C(=O)N2C. The number of hydroxylamine groups is 1. The molecular weight excluding hydrogens is 326 g/mol. The summed E-state index contributed by atoms with van der Waals surface area (Å²) < 4.78 is 1.73. The van der Waals surface area contributed by atoms with Crippen molar-refractivity contribution < 1.29 is 14.4 Å². The highest BCUT2D eigenvalue weighted by Crippen LogP contribution is 2.42. The van der Waals surface area contributed by atoms with Crippen LogP contribution in [0.5, 0.6) is 0 Å². The maximum Gasteiger partial charge on any atom is 0.332 e. The van der Waals surface area contributed by atoms with E-state index in [2.05, 4.69) is 15.6 Å². The molecule has 1 saturated heterocycles. The highest BCUT2D eigenvalue weighted by Gasteiger charge is 2.49. The monoisotopic (exact) mass is 349 g/mol. The topological polar surface area (TPSA) is 118 Å². The van der Waals surface area contributed by atoms with Gasteiger partial charge < -0.3 is 20.4 Å². The van der Waals surface area contributed by atoms with Crippen LogP contribution in [0.15, 0.2) is 11.2 Å². The summed E-state index contributed by atoms with van der Waals surface area (Å²) in [6.45, 7) is 0.960. The van der Waals surface area contributed by atoms with Crippen LogP contribution < -0.4 is 11.2 Å². The summed E-state index contributed by atoms with van der Waals surface area (Å²) in [7, 11) is 5.18. The predicted molar refractivity (Wildman–Crippen MR) is 89.4 cm³/mol. The molecule has 0 unspecified atom stereocenters. The number of fused-ring (bicyclic) bond motifs is 4. The molecule has 2 aliphatic rings. The van der Waals surface area contributed by atoms with Crippen LogP contribution in [0.4, 0.5) is 4.79 Å². The molecule has 25 heavy (non-hydrogen) atoms. The maximum absolute atomic E-state index is 12.6. The Bertz CT molecular complexity index is 714. The summed E-state index contributed by atoms with van der Waals surface area (Å²) in [6.07, 6.45) is 2.54. The Kier molecular flexibility index (Phi) is 4.62. The first-order chi connectivity index (χ1) is 12.0. The second-order valence-corrected chi connectivity index (χ2v) is 6.15. The van der Waals surface area contributed by atoms with E-state index in [-0.39, 0.29) is 18.5 Å². The average molecular weight is 349 g/mol. The number of rotatable bonds is 4. The zero-order chi connectivity index (χ0) is 18.1. The number of aromatic nitrogens is 2. The van der Waals surface area contributed by atoms with E-state index in [4.69, 9.17) is 10.6 Å². The molecule has 0 saturated carbocycles. The van der Waals surface area contributed by atoms with Gasteiger partial charge in [-0.25, -0.2) is 15.1 Å². The number of likely N-dealkylation sites (N-methyl/N-ethyl adjacent to an activating group) is 1. The molecule has 2 aliphatic heterocycles. The molecule has 136 valence electrons. The number of hydrogen-bond donors (Lipinski definition) is 2. The van der Waals surface area contributed by atoms with Gasteiger partial charge in [-0.1, -0.05) is 0 Å². The summed E-state index contributed by atoms with van der Waals surface area (Å²) in [4.78, 5) is 37.0. The van der Waals surface area contributed by atoms with Gasteiger partial charge in [-0.3, -0.25) is 9.67 Å². The fraction of sp³-hybridized carbons (Fsp3) is 0.600. The highest BCUT2D eigenvalue weighted by molar-refractivity contribution is 5.94.